The Morgan fingerprint density at radius 1 is 1.00 bits per heavy atom. The molecule has 1 heterocycles. The second-order valence-electron chi connectivity index (χ2n) is 8.69. The van der Waals surface area contributed by atoms with Crippen molar-refractivity contribution in [2.45, 2.75) is 33.6 Å². The zero-order chi connectivity index (χ0) is 21.9. The molecule has 0 spiro atoms. The van der Waals surface area contributed by atoms with Crippen molar-refractivity contribution < 1.29 is 14.4 Å². The maximum Gasteiger partial charge on any atom is 0.227 e. The monoisotopic (exact) mass is 426 g/mol. The number of nitrogens with one attached hydrogen (secondary N) is 1. The minimum atomic E-state index is -0.425. The molecule has 5 nitrogen and oxygen atoms in total. The fourth-order valence-electron chi connectivity index (χ4n) is 3.61. The molecule has 1 aliphatic heterocycles. The Labute approximate surface area is 182 Å². The highest BCUT2D eigenvalue weighted by atomic mass is 35.5. The van der Waals surface area contributed by atoms with Crippen molar-refractivity contribution in [3.8, 4) is 0 Å². The van der Waals surface area contributed by atoms with E-state index < -0.39 is 5.41 Å². The van der Waals surface area contributed by atoms with Gasteiger partial charge in [-0.05, 0) is 31.0 Å². The third-order valence-electron chi connectivity index (χ3n) is 5.31. The van der Waals surface area contributed by atoms with E-state index in [1.54, 1.807) is 42.5 Å². The van der Waals surface area contributed by atoms with E-state index in [4.69, 9.17) is 11.6 Å². The largest absolute Gasteiger partial charge is 0.342 e. The number of carbonyl (C=O) groups is 3. The number of hydrogen-bond donors (Lipinski definition) is 1. The molecule has 1 fully saturated rings. The van der Waals surface area contributed by atoms with Crippen molar-refractivity contribution >= 4 is 34.9 Å². The summed E-state index contributed by atoms with van der Waals surface area (Å²) in [4.78, 5) is 40.1. The van der Waals surface area contributed by atoms with Crippen LogP contribution in [0.2, 0.25) is 5.02 Å². The maximum atomic E-state index is 12.9. The summed E-state index contributed by atoms with van der Waals surface area (Å²) in [7, 11) is 0. The maximum absolute atomic E-state index is 12.9. The molecule has 0 radical (unpaired) electrons. The molecule has 0 bridgehead atoms. The van der Waals surface area contributed by atoms with Gasteiger partial charge in [-0.15, -0.1) is 0 Å². The van der Waals surface area contributed by atoms with Crippen LogP contribution in [0.5, 0.6) is 0 Å². The van der Waals surface area contributed by atoms with Crippen molar-refractivity contribution in [3.05, 3.63) is 64.7 Å². The number of ketones is 1. The average molecular weight is 427 g/mol. The first-order valence-electron chi connectivity index (χ1n) is 10.2. The van der Waals surface area contributed by atoms with Crippen molar-refractivity contribution in [1.82, 2.24) is 4.90 Å². The van der Waals surface area contributed by atoms with Crippen LogP contribution in [-0.4, -0.2) is 35.6 Å². The van der Waals surface area contributed by atoms with Gasteiger partial charge < -0.3 is 10.2 Å². The van der Waals surface area contributed by atoms with Crippen LogP contribution in [0, 0.1) is 11.3 Å². The Balaban J connectivity index is 1.71. The Morgan fingerprint density at radius 3 is 2.23 bits per heavy atom. The molecule has 0 aliphatic carbocycles. The van der Waals surface area contributed by atoms with Gasteiger partial charge in [0.15, 0.2) is 5.78 Å². The van der Waals surface area contributed by atoms with Crippen LogP contribution in [0.1, 0.15) is 49.5 Å². The van der Waals surface area contributed by atoms with Gasteiger partial charge in [-0.3, -0.25) is 14.4 Å². The molecular weight excluding hydrogens is 400 g/mol. The van der Waals surface area contributed by atoms with Crippen molar-refractivity contribution in [3.63, 3.8) is 0 Å². The second-order valence-corrected chi connectivity index (χ2v) is 9.13. The van der Waals surface area contributed by atoms with Gasteiger partial charge in [0.2, 0.25) is 11.8 Å². The smallest absolute Gasteiger partial charge is 0.227 e. The first kappa shape index (κ1) is 22.0. The number of amides is 2. The first-order valence-corrected chi connectivity index (χ1v) is 10.5. The van der Waals surface area contributed by atoms with Gasteiger partial charge in [-0.2, -0.15) is 0 Å². The standard InChI is InChI=1S/C24H27ClN2O3/c1-24(2,3)23(30)27-13-11-17(12-14-27)22(29)26-20-10-9-18(25)15-19(20)21(28)16-7-5-4-6-8-16/h4-10,15,17H,11-14H2,1-3H3,(H,26,29). The molecule has 0 aromatic heterocycles. The quantitative estimate of drug-likeness (QED) is 0.714. The number of anilines is 1. The number of carbonyl (C=O) groups excluding carboxylic acids is 3. The lowest BCUT2D eigenvalue weighted by Gasteiger charge is -2.35. The number of piperidine rings is 1. The normalized spacial score (nSPS) is 15.0. The summed E-state index contributed by atoms with van der Waals surface area (Å²) in [6.45, 7) is 6.83. The lowest BCUT2D eigenvalue weighted by Crippen LogP contribution is -2.45. The number of benzene rings is 2. The molecule has 1 saturated heterocycles. The van der Waals surface area contributed by atoms with Crippen molar-refractivity contribution in [1.29, 1.82) is 0 Å². The van der Waals surface area contributed by atoms with Crippen LogP contribution < -0.4 is 5.32 Å². The van der Waals surface area contributed by atoms with Crippen LogP contribution in [0.4, 0.5) is 5.69 Å². The van der Waals surface area contributed by atoms with Gasteiger partial charge in [0.1, 0.15) is 0 Å². The molecule has 0 atom stereocenters. The molecule has 1 N–H and O–H groups in total. The zero-order valence-corrected chi connectivity index (χ0v) is 18.3. The van der Waals surface area contributed by atoms with Crippen LogP contribution in [0.25, 0.3) is 0 Å². The molecule has 158 valence electrons. The van der Waals surface area contributed by atoms with Crippen molar-refractivity contribution in [2.75, 3.05) is 18.4 Å². The van der Waals surface area contributed by atoms with E-state index in [9.17, 15) is 14.4 Å². The summed E-state index contributed by atoms with van der Waals surface area (Å²) >= 11 is 6.11. The summed E-state index contributed by atoms with van der Waals surface area (Å²) < 4.78 is 0. The number of rotatable bonds is 4. The predicted octanol–water partition coefficient (Wildman–Crippen LogP) is 4.79. The van der Waals surface area contributed by atoms with Crippen LogP contribution >= 0.6 is 11.6 Å². The molecule has 6 heteroatoms. The van der Waals surface area contributed by atoms with E-state index in [0.29, 0.717) is 47.8 Å². The summed E-state index contributed by atoms with van der Waals surface area (Å²) in [5.74, 6) is -0.430. The van der Waals surface area contributed by atoms with Crippen LogP contribution in [0.15, 0.2) is 48.5 Å². The summed E-state index contributed by atoms with van der Waals surface area (Å²) in [6.07, 6.45) is 1.20. The fourth-order valence-corrected chi connectivity index (χ4v) is 3.78. The summed E-state index contributed by atoms with van der Waals surface area (Å²) in [5.41, 5.74) is 0.920. The zero-order valence-electron chi connectivity index (χ0n) is 17.6. The average Bonchev–Trinajstić information content (AvgIpc) is 2.74. The van der Waals surface area contributed by atoms with Crippen LogP contribution in [0.3, 0.4) is 0 Å². The number of likely N-dealkylation sites (tertiary alicyclic amines) is 1. The summed E-state index contributed by atoms with van der Waals surface area (Å²) in [6, 6.07) is 13.8. The SMILES string of the molecule is CC(C)(C)C(=O)N1CCC(C(=O)Nc2ccc(Cl)cc2C(=O)c2ccccc2)CC1. The Bertz CT molecular complexity index is 943. The molecule has 2 amide bonds. The van der Waals surface area contributed by atoms with Gasteiger partial charge in [-0.25, -0.2) is 0 Å². The van der Waals surface area contributed by atoms with Gasteiger partial charge in [0.25, 0.3) is 0 Å². The predicted molar refractivity (Wildman–Crippen MR) is 119 cm³/mol. The Morgan fingerprint density at radius 2 is 1.63 bits per heavy atom. The Hall–Kier alpha value is -2.66. The molecule has 3 rings (SSSR count). The van der Waals surface area contributed by atoms with Gasteiger partial charge in [0.05, 0.1) is 5.69 Å². The number of halogens is 1. The lowest BCUT2D eigenvalue weighted by atomic mass is 9.90. The van der Waals surface area contributed by atoms with Gasteiger partial charge in [-0.1, -0.05) is 62.7 Å². The van der Waals surface area contributed by atoms with E-state index in [1.165, 1.54) is 0 Å². The van der Waals surface area contributed by atoms with Gasteiger partial charge in [0, 0.05) is 40.6 Å². The highest BCUT2D eigenvalue weighted by molar-refractivity contribution is 6.31. The molecule has 30 heavy (non-hydrogen) atoms. The molecular formula is C24H27ClN2O3. The molecule has 0 unspecified atom stereocenters. The first-order chi connectivity index (χ1) is 14.2. The molecule has 2 aromatic carbocycles. The van der Waals surface area contributed by atoms with Crippen LogP contribution in [-0.2, 0) is 9.59 Å². The third-order valence-corrected chi connectivity index (χ3v) is 5.55. The van der Waals surface area contributed by atoms with Gasteiger partial charge >= 0.3 is 0 Å². The minimum Gasteiger partial charge on any atom is -0.342 e. The van der Waals surface area contributed by atoms with E-state index >= 15 is 0 Å². The second kappa shape index (κ2) is 9.00. The summed E-state index contributed by atoms with van der Waals surface area (Å²) in [5, 5.41) is 3.34. The number of nitrogens with zero attached hydrogens (tertiary/aromatic N) is 1. The highest BCUT2D eigenvalue weighted by Gasteiger charge is 2.32. The van der Waals surface area contributed by atoms with E-state index in [1.807, 2.05) is 31.7 Å². The highest BCUT2D eigenvalue weighted by Crippen LogP contribution is 2.27. The topological polar surface area (TPSA) is 66.5 Å². The lowest BCUT2D eigenvalue weighted by molar-refractivity contribution is -0.142. The van der Waals surface area contributed by atoms with E-state index in [0.717, 1.165) is 0 Å². The van der Waals surface area contributed by atoms with Crippen molar-refractivity contribution in [2.24, 2.45) is 11.3 Å². The minimum absolute atomic E-state index is 0.106. The molecule has 1 aliphatic rings. The molecule has 0 saturated carbocycles. The Kier molecular flexibility index (Phi) is 6.61. The van der Waals surface area contributed by atoms with E-state index in [2.05, 4.69) is 5.32 Å². The molecule has 2 aromatic rings. The number of hydrogen-bond acceptors (Lipinski definition) is 3. The van der Waals surface area contributed by atoms with E-state index in [-0.39, 0.29) is 23.5 Å². The third kappa shape index (κ3) is 5.08. The fraction of sp³-hybridized carbons (Fsp3) is 0.375.